The second-order valence-corrected chi connectivity index (χ2v) is 20.8. The van der Waals surface area contributed by atoms with Gasteiger partial charge in [-0.1, -0.05) is 62.7 Å². The smallest absolute Gasteiger partial charge is 0.266 e. The van der Waals surface area contributed by atoms with Gasteiger partial charge in [0.15, 0.2) is 0 Å². The molecule has 0 saturated carbocycles. The number of carbonyl (C=O) groups excluding carboxylic acids is 4. The lowest BCUT2D eigenvalue weighted by Gasteiger charge is -2.33. The number of carbonyl (C=O) groups is 4. The Bertz CT molecular complexity index is 3720. The molecule has 394 valence electrons. The number of benzene rings is 8. The fourth-order valence-corrected chi connectivity index (χ4v) is 11.5. The summed E-state index contributed by atoms with van der Waals surface area (Å²) in [7, 11) is 3.35. The summed E-state index contributed by atoms with van der Waals surface area (Å²) in [5, 5.41) is 0.742. The number of imide groups is 2. The van der Waals surface area contributed by atoms with Crippen LogP contribution >= 0.6 is 0 Å². The second kappa shape index (κ2) is 22.4. The fourth-order valence-electron chi connectivity index (χ4n) is 11.5. The Balaban J connectivity index is 0.837. The van der Waals surface area contributed by atoms with Crippen LogP contribution in [-0.2, 0) is 0 Å². The standard InChI is InChI=1S/C70H63N3O6/c1-10-11-12-13-14-15-36-71-67(74)58-32-34-60-65-61(35-33-59(64(58)65)68(71)75)70(77)73(69(60)76)66-47(6)39-52(40-48(66)7)23-21-50-18-16-49(17-19-50)20-22-51-37-43(2)62(44(3)38-51)63-45(4)41-55(42-46(63)5)72(53-24-28-56(78-8)29-25-53)54-26-30-57(79-9)31-27-54/h16-19,24-35,37-42H,10-15,36H2,1-9H3. The van der Waals surface area contributed by atoms with Crippen molar-refractivity contribution in [2.75, 3.05) is 30.6 Å². The van der Waals surface area contributed by atoms with Crippen LogP contribution in [0.4, 0.5) is 22.7 Å². The molecule has 0 radical (unpaired) electrons. The second-order valence-electron chi connectivity index (χ2n) is 20.8. The quantitative estimate of drug-likeness (QED) is 0.0608. The number of methoxy groups -OCH3 is 2. The van der Waals surface area contributed by atoms with Gasteiger partial charge in [-0.2, -0.15) is 0 Å². The molecule has 0 saturated heterocycles. The Morgan fingerprint density at radius 3 is 1.19 bits per heavy atom. The molecule has 4 amide bonds. The highest BCUT2D eigenvalue weighted by Gasteiger charge is 2.41. The van der Waals surface area contributed by atoms with Gasteiger partial charge in [-0.3, -0.25) is 24.1 Å². The lowest BCUT2D eigenvalue weighted by molar-refractivity contribution is 0.0606. The van der Waals surface area contributed by atoms with Gasteiger partial charge in [0.2, 0.25) is 0 Å². The molecule has 2 aliphatic heterocycles. The minimum atomic E-state index is -0.502. The van der Waals surface area contributed by atoms with Gasteiger partial charge in [0.25, 0.3) is 23.6 Å². The molecule has 9 nitrogen and oxygen atoms in total. The number of anilines is 4. The average molecular weight is 1040 g/mol. The molecule has 0 N–H and O–H groups in total. The molecule has 0 aliphatic carbocycles. The van der Waals surface area contributed by atoms with Gasteiger partial charge in [-0.05, 0) is 226 Å². The molecule has 0 unspecified atom stereocenters. The van der Waals surface area contributed by atoms with Crippen molar-refractivity contribution in [3.63, 3.8) is 0 Å². The van der Waals surface area contributed by atoms with E-state index < -0.39 is 11.8 Å². The normalized spacial score (nSPS) is 12.6. The SMILES string of the molecule is CCCCCCCCN1C(=O)c2ccc3c4c(ccc(c24)C1=O)C(=O)N(c1c(C)cc(C#Cc2ccc(C#Cc4cc(C)c(-c5c(C)cc(N(c6ccc(OC)cc6)c6ccc(OC)cc6)cc5C)c(C)c4)cc2)cc1C)C3=O. The summed E-state index contributed by atoms with van der Waals surface area (Å²) in [6.07, 6.45) is 6.17. The zero-order valence-corrected chi connectivity index (χ0v) is 46.4. The number of hydrogen-bond donors (Lipinski definition) is 0. The zero-order chi connectivity index (χ0) is 55.6. The lowest BCUT2D eigenvalue weighted by Crippen LogP contribution is -2.44. The lowest BCUT2D eigenvalue weighted by atomic mass is 9.85. The number of hydrogen-bond acceptors (Lipinski definition) is 7. The molecule has 9 heteroatoms. The first kappa shape index (κ1) is 53.2. The molecule has 0 aromatic heterocycles. The van der Waals surface area contributed by atoms with Crippen LogP contribution in [0.25, 0.3) is 21.9 Å². The van der Waals surface area contributed by atoms with Crippen LogP contribution in [0.3, 0.4) is 0 Å². The first-order valence-electron chi connectivity index (χ1n) is 27.1. The van der Waals surface area contributed by atoms with Crippen LogP contribution in [-0.4, -0.2) is 49.3 Å². The van der Waals surface area contributed by atoms with E-state index in [2.05, 4.69) is 112 Å². The van der Waals surface area contributed by atoms with Gasteiger partial charge in [-0.25, -0.2) is 4.90 Å². The van der Waals surface area contributed by atoms with E-state index in [1.807, 2.05) is 74.5 Å². The van der Waals surface area contributed by atoms with Crippen molar-refractivity contribution in [2.24, 2.45) is 0 Å². The van der Waals surface area contributed by atoms with Crippen molar-refractivity contribution in [3.8, 4) is 46.3 Å². The van der Waals surface area contributed by atoms with Crippen molar-refractivity contribution in [3.05, 3.63) is 211 Å². The monoisotopic (exact) mass is 1040 g/mol. The first-order chi connectivity index (χ1) is 38.2. The summed E-state index contributed by atoms with van der Waals surface area (Å²) < 4.78 is 10.9. The molecule has 0 atom stereocenters. The van der Waals surface area contributed by atoms with Gasteiger partial charge < -0.3 is 14.4 Å². The van der Waals surface area contributed by atoms with E-state index in [0.29, 0.717) is 45.3 Å². The summed E-state index contributed by atoms with van der Waals surface area (Å²) in [6, 6.07) is 43.2. The molecule has 10 rings (SSSR count). The van der Waals surface area contributed by atoms with Crippen molar-refractivity contribution in [2.45, 2.75) is 87.0 Å². The van der Waals surface area contributed by atoms with Crippen LogP contribution in [0.2, 0.25) is 0 Å². The predicted molar refractivity (Wildman–Crippen MR) is 317 cm³/mol. The molecule has 79 heavy (non-hydrogen) atoms. The fraction of sp³-hybridized carbons (Fsp3) is 0.229. The van der Waals surface area contributed by atoms with Gasteiger partial charge in [0.1, 0.15) is 11.5 Å². The third kappa shape index (κ3) is 10.3. The van der Waals surface area contributed by atoms with Crippen LogP contribution in [0.1, 0.15) is 143 Å². The maximum absolute atomic E-state index is 14.4. The van der Waals surface area contributed by atoms with E-state index in [1.165, 1.54) is 38.5 Å². The van der Waals surface area contributed by atoms with Crippen LogP contribution in [0, 0.1) is 65.2 Å². The van der Waals surface area contributed by atoms with E-state index in [4.69, 9.17) is 9.47 Å². The van der Waals surface area contributed by atoms with Crippen molar-refractivity contribution >= 4 is 57.2 Å². The number of nitrogens with zero attached hydrogens (tertiary/aromatic N) is 3. The van der Waals surface area contributed by atoms with E-state index in [-0.39, 0.29) is 22.9 Å². The van der Waals surface area contributed by atoms with Crippen LogP contribution < -0.4 is 19.3 Å². The molecule has 2 aliphatic rings. The first-order valence-corrected chi connectivity index (χ1v) is 27.1. The highest BCUT2D eigenvalue weighted by atomic mass is 16.5. The zero-order valence-electron chi connectivity index (χ0n) is 46.4. The van der Waals surface area contributed by atoms with Gasteiger partial charge in [-0.15, -0.1) is 0 Å². The summed E-state index contributed by atoms with van der Waals surface area (Å²) in [5.74, 6) is 13.1. The number of rotatable bonds is 14. The van der Waals surface area contributed by atoms with Gasteiger partial charge in [0, 0.05) is 78.9 Å². The largest absolute Gasteiger partial charge is 0.497 e. The van der Waals surface area contributed by atoms with E-state index in [1.54, 1.807) is 38.5 Å². The Hall–Kier alpha value is -9.18. The molecular weight excluding hydrogens is 979 g/mol. The molecule has 8 aromatic carbocycles. The maximum atomic E-state index is 14.4. The summed E-state index contributed by atoms with van der Waals surface area (Å²) in [4.78, 5) is 61.1. The van der Waals surface area contributed by atoms with Crippen molar-refractivity contribution in [1.29, 1.82) is 0 Å². The molecule has 0 spiro atoms. The van der Waals surface area contributed by atoms with E-state index >= 15 is 0 Å². The van der Waals surface area contributed by atoms with Crippen molar-refractivity contribution < 1.29 is 28.7 Å². The topological polar surface area (TPSA) is 96.5 Å². The minimum absolute atomic E-state index is 0.280. The Kier molecular flexibility index (Phi) is 15.1. The van der Waals surface area contributed by atoms with E-state index in [9.17, 15) is 19.2 Å². The molecule has 0 fully saturated rings. The highest BCUT2D eigenvalue weighted by molar-refractivity contribution is 6.39. The van der Waals surface area contributed by atoms with Crippen molar-refractivity contribution in [1.82, 2.24) is 4.90 Å². The average Bonchev–Trinajstić information content (AvgIpc) is 3.64. The predicted octanol–water partition coefficient (Wildman–Crippen LogP) is 15.4. The van der Waals surface area contributed by atoms with E-state index in [0.717, 1.165) is 94.0 Å². The third-order valence-electron chi connectivity index (χ3n) is 15.2. The molecular formula is C70H63N3O6. The Morgan fingerprint density at radius 1 is 0.405 bits per heavy atom. The Morgan fingerprint density at radius 2 is 0.772 bits per heavy atom. The number of amides is 4. The summed E-state index contributed by atoms with van der Waals surface area (Å²) >= 11 is 0. The van der Waals surface area contributed by atoms with Crippen LogP contribution in [0.15, 0.2) is 133 Å². The van der Waals surface area contributed by atoms with Gasteiger partial charge >= 0.3 is 0 Å². The summed E-state index contributed by atoms with van der Waals surface area (Å²) in [5.41, 5.74) is 16.6. The minimum Gasteiger partial charge on any atom is -0.497 e. The van der Waals surface area contributed by atoms with Gasteiger partial charge in [0.05, 0.1) is 19.9 Å². The number of unbranched alkanes of at least 4 members (excludes halogenated alkanes) is 5. The molecule has 8 aromatic rings. The number of aryl methyl sites for hydroxylation is 6. The summed E-state index contributed by atoms with van der Waals surface area (Å²) in [6.45, 7) is 14.9. The number of ether oxygens (including phenoxy) is 2. The Labute approximate surface area is 463 Å². The highest BCUT2D eigenvalue weighted by Crippen LogP contribution is 2.43. The molecule has 0 bridgehead atoms. The maximum Gasteiger partial charge on any atom is 0.266 e. The van der Waals surface area contributed by atoms with Crippen LogP contribution in [0.5, 0.6) is 11.5 Å². The third-order valence-corrected chi connectivity index (χ3v) is 15.2. The molecule has 2 heterocycles.